The highest BCUT2D eigenvalue weighted by molar-refractivity contribution is 4.82. The zero-order chi connectivity index (χ0) is 12.6. The van der Waals surface area contributed by atoms with E-state index in [-0.39, 0.29) is 0 Å². The molecule has 0 amide bonds. The minimum absolute atomic E-state index is 0.511. The maximum Gasteiger partial charge on any atom is -0.0351 e. The first-order valence-electron chi connectivity index (χ1n) is 7.24. The van der Waals surface area contributed by atoms with Crippen molar-refractivity contribution in [3.63, 3.8) is 0 Å². The van der Waals surface area contributed by atoms with Crippen LogP contribution in [0.1, 0.15) is 80.1 Å². The lowest BCUT2D eigenvalue weighted by atomic mass is 9.80. The SMILES string of the molecule is CCCC(C)CC(C)[CH]CC(C)(C)CCC. The normalized spacial score (nSPS) is 16.1. The van der Waals surface area contributed by atoms with Crippen LogP contribution in [0.5, 0.6) is 0 Å². The van der Waals surface area contributed by atoms with Crippen LogP contribution in [0.25, 0.3) is 0 Å². The van der Waals surface area contributed by atoms with Gasteiger partial charge in [-0.25, -0.2) is 0 Å². The maximum atomic E-state index is 2.56. The van der Waals surface area contributed by atoms with E-state index in [1.165, 1.54) is 38.5 Å². The molecule has 1 radical (unpaired) electrons. The lowest BCUT2D eigenvalue weighted by molar-refractivity contribution is 0.304. The molecule has 2 atom stereocenters. The van der Waals surface area contributed by atoms with Crippen LogP contribution >= 0.6 is 0 Å². The van der Waals surface area contributed by atoms with E-state index in [0.29, 0.717) is 5.41 Å². The molecule has 0 spiro atoms. The molecule has 97 valence electrons. The number of rotatable bonds is 9. The Labute approximate surface area is 104 Å². The second kappa shape index (κ2) is 8.14. The second-order valence-corrected chi connectivity index (χ2v) is 6.46. The van der Waals surface area contributed by atoms with E-state index in [1.54, 1.807) is 0 Å². The Kier molecular flexibility index (Phi) is 8.14. The number of hydrogen-bond acceptors (Lipinski definition) is 0. The molecule has 0 saturated carbocycles. The predicted octanol–water partition coefficient (Wildman–Crippen LogP) is 5.87. The smallest absolute Gasteiger partial charge is 0.0351 e. The van der Waals surface area contributed by atoms with Crippen molar-refractivity contribution in [2.45, 2.75) is 80.1 Å². The Balaban J connectivity index is 3.75. The summed E-state index contributed by atoms with van der Waals surface area (Å²) in [7, 11) is 0. The molecule has 16 heavy (non-hydrogen) atoms. The van der Waals surface area contributed by atoms with Crippen molar-refractivity contribution < 1.29 is 0 Å². The summed E-state index contributed by atoms with van der Waals surface area (Å²) in [5.74, 6) is 1.68. The van der Waals surface area contributed by atoms with Gasteiger partial charge in [0.1, 0.15) is 0 Å². The summed E-state index contributed by atoms with van der Waals surface area (Å²) >= 11 is 0. The zero-order valence-electron chi connectivity index (χ0n) is 12.5. The van der Waals surface area contributed by atoms with Crippen molar-refractivity contribution >= 4 is 0 Å². The standard InChI is InChI=1S/C16H33/c1-7-9-14(3)13-15(4)10-12-16(5,6)11-8-2/h10,14-15H,7-9,11-13H2,1-6H3. The summed E-state index contributed by atoms with van der Waals surface area (Å²) in [6.07, 6.45) is 10.6. The van der Waals surface area contributed by atoms with Gasteiger partial charge in [-0.15, -0.1) is 0 Å². The van der Waals surface area contributed by atoms with Crippen LogP contribution in [0.4, 0.5) is 0 Å². The van der Waals surface area contributed by atoms with E-state index < -0.39 is 0 Å². The van der Waals surface area contributed by atoms with Crippen LogP contribution in [0.3, 0.4) is 0 Å². The largest absolute Gasteiger partial charge is 0.0654 e. The Morgan fingerprint density at radius 3 is 2.19 bits per heavy atom. The highest BCUT2D eigenvalue weighted by atomic mass is 14.2. The van der Waals surface area contributed by atoms with Crippen LogP contribution in [0, 0.1) is 23.7 Å². The number of hydrogen-bond donors (Lipinski definition) is 0. The molecule has 0 heterocycles. The van der Waals surface area contributed by atoms with Crippen molar-refractivity contribution in [3.05, 3.63) is 6.42 Å². The molecule has 0 heteroatoms. The average Bonchev–Trinajstić information content (AvgIpc) is 2.15. The molecule has 0 aliphatic rings. The molecule has 0 N–H and O–H groups in total. The maximum absolute atomic E-state index is 2.56. The van der Waals surface area contributed by atoms with E-state index in [4.69, 9.17) is 0 Å². The fourth-order valence-corrected chi connectivity index (χ4v) is 2.64. The van der Waals surface area contributed by atoms with Gasteiger partial charge in [-0.05, 0) is 42.9 Å². The molecule has 0 fully saturated rings. The van der Waals surface area contributed by atoms with Crippen LogP contribution < -0.4 is 0 Å². The van der Waals surface area contributed by atoms with Crippen LogP contribution in [0.2, 0.25) is 0 Å². The summed E-state index contributed by atoms with van der Waals surface area (Å²) < 4.78 is 0. The van der Waals surface area contributed by atoms with Gasteiger partial charge in [0, 0.05) is 0 Å². The Morgan fingerprint density at radius 2 is 1.69 bits per heavy atom. The van der Waals surface area contributed by atoms with Gasteiger partial charge in [-0.1, -0.05) is 60.8 Å². The van der Waals surface area contributed by atoms with Crippen molar-refractivity contribution in [2.75, 3.05) is 0 Å². The van der Waals surface area contributed by atoms with Crippen molar-refractivity contribution in [1.82, 2.24) is 0 Å². The fourth-order valence-electron chi connectivity index (χ4n) is 2.64. The molecule has 0 saturated heterocycles. The zero-order valence-corrected chi connectivity index (χ0v) is 12.5. The second-order valence-electron chi connectivity index (χ2n) is 6.46. The third-order valence-corrected chi connectivity index (χ3v) is 3.56. The molecule has 0 aromatic rings. The molecule has 0 aromatic carbocycles. The van der Waals surface area contributed by atoms with E-state index in [1.807, 2.05) is 0 Å². The molecule has 0 aromatic heterocycles. The fraction of sp³-hybridized carbons (Fsp3) is 0.938. The predicted molar refractivity (Wildman–Crippen MR) is 75.5 cm³/mol. The molecular weight excluding hydrogens is 192 g/mol. The third kappa shape index (κ3) is 8.19. The third-order valence-electron chi connectivity index (χ3n) is 3.56. The average molecular weight is 225 g/mol. The lowest BCUT2D eigenvalue weighted by Crippen LogP contribution is -2.14. The highest BCUT2D eigenvalue weighted by Gasteiger charge is 2.18. The molecule has 0 nitrogen and oxygen atoms in total. The molecule has 0 bridgehead atoms. The Bertz CT molecular complexity index is 157. The first kappa shape index (κ1) is 16.0. The van der Waals surface area contributed by atoms with Crippen molar-refractivity contribution in [1.29, 1.82) is 0 Å². The summed E-state index contributed by atoms with van der Waals surface area (Å²) in [5, 5.41) is 0. The summed E-state index contributed by atoms with van der Waals surface area (Å²) in [6.45, 7) is 14.1. The van der Waals surface area contributed by atoms with Gasteiger partial charge in [0.2, 0.25) is 0 Å². The molecular formula is C16H33. The molecule has 2 unspecified atom stereocenters. The summed E-state index contributed by atoms with van der Waals surface area (Å²) in [5.41, 5.74) is 0.511. The first-order chi connectivity index (χ1) is 7.41. The van der Waals surface area contributed by atoms with Gasteiger partial charge in [-0.3, -0.25) is 0 Å². The van der Waals surface area contributed by atoms with Gasteiger partial charge >= 0.3 is 0 Å². The van der Waals surface area contributed by atoms with Gasteiger partial charge in [0.05, 0.1) is 0 Å². The summed E-state index contributed by atoms with van der Waals surface area (Å²) in [4.78, 5) is 0. The van der Waals surface area contributed by atoms with E-state index in [2.05, 4.69) is 48.0 Å². The molecule has 0 aliphatic carbocycles. The monoisotopic (exact) mass is 225 g/mol. The Morgan fingerprint density at radius 1 is 1.06 bits per heavy atom. The minimum Gasteiger partial charge on any atom is -0.0654 e. The van der Waals surface area contributed by atoms with Crippen LogP contribution in [-0.4, -0.2) is 0 Å². The van der Waals surface area contributed by atoms with E-state index >= 15 is 0 Å². The van der Waals surface area contributed by atoms with Crippen molar-refractivity contribution in [2.24, 2.45) is 17.3 Å². The first-order valence-corrected chi connectivity index (χ1v) is 7.24. The van der Waals surface area contributed by atoms with Crippen LogP contribution in [0.15, 0.2) is 0 Å². The quantitative estimate of drug-likeness (QED) is 0.460. The highest BCUT2D eigenvalue weighted by Crippen LogP contribution is 2.31. The van der Waals surface area contributed by atoms with Gasteiger partial charge < -0.3 is 0 Å². The molecule has 0 aliphatic heterocycles. The van der Waals surface area contributed by atoms with Crippen LogP contribution in [-0.2, 0) is 0 Å². The molecule has 0 rings (SSSR count). The topological polar surface area (TPSA) is 0 Å². The van der Waals surface area contributed by atoms with E-state index in [9.17, 15) is 0 Å². The van der Waals surface area contributed by atoms with Gasteiger partial charge in [0.25, 0.3) is 0 Å². The van der Waals surface area contributed by atoms with Gasteiger partial charge in [0.15, 0.2) is 0 Å². The minimum atomic E-state index is 0.511. The van der Waals surface area contributed by atoms with Crippen molar-refractivity contribution in [3.8, 4) is 0 Å². The summed E-state index contributed by atoms with van der Waals surface area (Å²) in [6, 6.07) is 0. The lowest BCUT2D eigenvalue weighted by Gasteiger charge is -2.26. The Hall–Kier alpha value is 0. The van der Waals surface area contributed by atoms with Gasteiger partial charge in [-0.2, -0.15) is 0 Å². The van der Waals surface area contributed by atoms with E-state index in [0.717, 1.165) is 11.8 Å².